The summed E-state index contributed by atoms with van der Waals surface area (Å²) < 4.78 is 13.1. The molecule has 0 bridgehead atoms. The predicted octanol–water partition coefficient (Wildman–Crippen LogP) is 3.97. The van der Waals surface area contributed by atoms with Gasteiger partial charge in [-0.25, -0.2) is 4.39 Å². The van der Waals surface area contributed by atoms with Crippen LogP contribution in [0.25, 0.3) is 0 Å². The summed E-state index contributed by atoms with van der Waals surface area (Å²) in [6.45, 7) is 1.04. The third-order valence-corrected chi connectivity index (χ3v) is 4.62. The van der Waals surface area contributed by atoms with Crippen molar-refractivity contribution in [1.82, 2.24) is 5.32 Å². The maximum atomic E-state index is 13.1. The first-order valence-corrected chi connectivity index (χ1v) is 7.75. The van der Waals surface area contributed by atoms with Crippen LogP contribution in [0, 0.1) is 5.82 Å². The topological polar surface area (TPSA) is 12.0 Å². The third kappa shape index (κ3) is 3.23. The molecule has 0 saturated heterocycles. The van der Waals surface area contributed by atoms with E-state index in [0.717, 1.165) is 31.4 Å². The van der Waals surface area contributed by atoms with Crippen molar-refractivity contribution in [3.63, 3.8) is 0 Å². The first kappa shape index (κ1) is 12.8. The fourth-order valence-electron chi connectivity index (χ4n) is 2.67. The largest absolute Gasteiger partial charge is 0.314 e. The Balaban J connectivity index is 1.41. The molecule has 1 heterocycles. The van der Waals surface area contributed by atoms with Gasteiger partial charge in [-0.05, 0) is 71.8 Å². The van der Waals surface area contributed by atoms with E-state index in [4.69, 9.17) is 0 Å². The molecule has 0 atom stereocenters. The molecule has 1 aromatic carbocycles. The van der Waals surface area contributed by atoms with E-state index < -0.39 is 0 Å². The van der Waals surface area contributed by atoms with Gasteiger partial charge in [0.25, 0.3) is 0 Å². The van der Waals surface area contributed by atoms with Crippen molar-refractivity contribution in [2.24, 2.45) is 0 Å². The molecule has 1 saturated carbocycles. The summed E-state index contributed by atoms with van der Waals surface area (Å²) >= 11 is 1.75. The van der Waals surface area contributed by atoms with Gasteiger partial charge >= 0.3 is 0 Å². The Bertz CT molecular complexity index is 517. The summed E-state index contributed by atoms with van der Waals surface area (Å²) in [7, 11) is 0. The van der Waals surface area contributed by atoms with Crippen LogP contribution >= 0.6 is 11.3 Å². The van der Waals surface area contributed by atoms with Crippen LogP contribution < -0.4 is 5.32 Å². The Morgan fingerprint density at radius 1 is 1.26 bits per heavy atom. The highest BCUT2D eigenvalue weighted by Gasteiger charge is 2.29. The third-order valence-electron chi connectivity index (χ3n) is 3.88. The summed E-state index contributed by atoms with van der Waals surface area (Å²) in [6.07, 6.45) is 3.37. The number of nitrogens with one attached hydrogen (secondary N) is 1. The molecule has 0 spiro atoms. The molecule has 2 aromatic rings. The molecule has 1 N–H and O–H groups in total. The molecule has 19 heavy (non-hydrogen) atoms. The van der Waals surface area contributed by atoms with Crippen LogP contribution in [-0.2, 0) is 6.42 Å². The molecular formula is C16H18FNS. The van der Waals surface area contributed by atoms with Crippen molar-refractivity contribution in [3.05, 3.63) is 58.0 Å². The van der Waals surface area contributed by atoms with Crippen LogP contribution in [0.1, 0.15) is 29.9 Å². The monoisotopic (exact) mass is 275 g/mol. The van der Waals surface area contributed by atoms with E-state index >= 15 is 0 Å². The lowest BCUT2D eigenvalue weighted by Crippen LogP contribution is -2.40. The minimum absolute atomic E-state index is 0.119. The average Bonchev–Trinajstić information content (AvgIpc) is 2.85. The zero-order chi connectivity index (χ0) is 13.1. The van der Waals surface area contributed by atoms with Gasteiger partial charge in [0.05, 0.1) is 0 Å². The zero-order valence-corrected chi connectivity index (χ0v) is 11.6. The lowest BCUT2D eigenvalue weighted by Gasteiger charge is -2.36. The molecule has 1 nitrogen and oxygen atoms in total. The van der Waals surface area contributed by atoms with Crippen molar-refractivity contribution < 1.29 is 4.39 Å². The molecule has 0 aliphatic heterocycles. The van der Waals surface area contributed by atoms with E-state index in [9.17, 15) is 4.39 Å². The van der Waals surface area contributed by atoms with Crippen LogP contribution in [0.5, 0.6) is 0 Å². The van der Waals surface area contributed by atoms with Gasteiger partial charge < -0.3 is 5.32 Å². The van der Waals surface area contributed by atoms with Gasteiger partial charge in [-0.15, -0.1) is 0 Å². The fourth-order valence-corrected chi connectivity index (χ4v) is 3.38. The van der Waals surface area contributed by atoms with E-state index in [2.05, 4.69) is 22.1 Å². The van der Waals surface area contributed by atoms with Crippen LogP contribution in [-0.4, -0.2) is 12.6 Å². The lowest BCUT2D eigenvalue weighted by molar-refractivity contribution is 0.292. The number of thiophene rings is 1. The Morgan fingerprint density at radius 2 is 2.16 bits per heavy atom. The SMILES string of the molecule is Fc1cccc(C2CC(NCCc3ccsc3)C2)c1. The number of hydrogen-bond donors (Lipinski definition) is 1. The Morgan fingerprint density at radius 3 is 2.89 bits per heavy atom. The van der Waals surface area contributed by atoms with E-state index in [1.165, 1.54) is 11.6 Å². The fraction of sp³-hybridized carbons (Fsp3) is 0.375. The maximum Gasteiger partial charge on any atom is 0.123 e. The second kappa shape index (κ2) is 5.85. The Labute approximate surface area is 117 Å². The number of rotatable bonds is 5. The smallest absolute Gasteiger partial charge is 0.123 e. The predicted molar refractivity (Wildman–Crippen MR) is 78.2 cm³/mol. The van der Waals surface area contributed by atoms with E-state index in [0.29, 0.717) is 12.0 Å². The van der Waals surface area contributed by atoms with Crippen LogP contribution in [0.4, 0.5) is 4.39 Å². The maximum absolute atomic E-state index is 13.1. The zero-order valence-electron chi connectivity index (χ0n) is 10.8. The molecule has 100 valence electrons. The first-order chi connectivity index (χ1) is 9.31. The average molecular weight is 275 g/mol. The van der Waals surface area contributed by atoms with Gasteiger partial charge in [-0.1, -0.05) is 12.1 Å². The second-order valence-electron chi connectivity index (χ2n) is 5.26. The number of hydrogen-bond acceptors (Lipinski definition) is 2. The van der Waals surface area contributed by atoms with Crippen LogP contribution in [0.3, 0.4) is 0 Å². The second-order valence-corrected chi connectivity index (χ2v) is 6.04. The normalized spacial score (nSPS) is 22.2. The number of halogens is 1. The van der Waals surface area contributed by atoms with Crippen LogP contribution in [0.15, 0.2) is 41.1 Å². The van der Waals surface area contributed by atoms with Gasteiger partial charge in [0.2, 0.25) is 0 Å². The Hall–Kier alpha value is -1.19. The highest BCUT2D eigenvalue weighted by molar-refractivity contribution is 7.07. The van der Waals surface area contributed by atoms with Crippen molar-refractivity contribution in [1.29, 1.82) is 0 Å². The molecule has 1 aliphatic rings. The summed E-state index contributed by atoms with van der Waals surface area (Å²) in [5, 5.41) is 7.91. The molecule has 0 unspecified atom stereocenters. The van der Waals surface area contributed by atoms with Crippen molar-refractivity contribution in [2.75, 3.05) is 6.54 Å². The first-order valence-electron chi connectivity index (χ1n) is 6.81. The quantitative estimate of drug-likeness (QED) is 0.870. The van der Waals surface area contributed by atoms with Gasteiger partial charge in [-0.2, -0.15) is 11.3 Å². The van der Waals surface area contributed by atoms with Gasteiger partial charge in [0.15, 0.2) is 0 Å². The summed E-state index contributed by atoms with van der Waals surface area (Å²) in [5.41, 5.74) is 2.56. The molecule has 3 heteroatoms. The standard InChI is InChI=1S/C16H18FNS/c17-15-3-1-2-13(8-15)14-9-16(10-14)18-6-4-12-5-7-19-11-12/h1-3,5,7-8,11,14,16,18H,4,6,9-10H2. The molecule has 1 aliphatic carbocycles. The summed E-state index contributed by atoms with van der Waals surface area (Å²) in [5.74, 6) is 0.417. The highest BCUT2D eigenvalue weighted by atomic mass is 32.1. The molecule has 1 aromatic heterocycles. The highest BCUT2D eigenvalue weighted by Crippen LogP contribution is 2.36. The van der Waals surface area contributed by atoms with Crippen molar-refractivity contribution >= 4 is 11.3 Å². The van der Waals surface area contributed by atoms with E-state index in [1.807, 2.05) is 12.1 Å². The lowest BCUT2D eigenvalue weighted by atomic mass is 9.76. The summed E-state index contributed by atoms with van der Waals surface area (Å²) in [6, 6.07) is 9.82. The molecule has 1 fully saturated rings. The van der Waals surface area contributed by atoms with Crippen LogP contribution in [0.2, 0.25) is 0 Å². The van der Waals surface area contributed by atoms with E-state index in [1.54, 1.807) is 17.4 Å². The minimum Gasteiger partial charge on any atom is -0.314 e. The van der Waals surface area contributed by atoms with Gasteiger partial charge in [0, 0.05) is 6.04 Å². The molecular weight excluding hydrogens is 257 g/mol. The summed E-state index contributed by atoms with van der Waals surface area (Å²) in [4.78, 5) is 0. The minimum atomic E-state index is -0.119. The number of benzene rings is 1. The van der Waals surface area contributed by atoms with E-state index in [-0.39, 0.29) is 5.82 Å². The molecule has 0 radical (unpaired) electrons. The van der Waals surface area contributed by atoms with Crippen molar-refractivity contribution in [3.8, 4) is 0 Å². The van der Waals surface area contributed by atoms with Gasteiger partial charge in [-0.3, -0.25) is 0 Å². The van der Waals surface area contributed by atoms with Gasteiger partial charge in [0.1, 0.15) is 5.82 Å². The molecule has 3 rings (SSSR count). The molecule has 0 amide bonds. The Kier molecular flexibility index (Phi) is 3.95. The van der Waals surface area contributed by atoms with Crippen molar-refractivity contribution in [2.45, 2.75) is 31.2 Å².